The lowest BCUT2D eigenvalue weighted by atomic mass is 10.2. The number of carboxylic acid groups (broad SMARTS) is 1. The minimum absolute atomic E-state index is 0.0671. The number of likely N-dealkylation sites (N-methyl/N-ethyl adjacent to an activating group) is 1. The van der Waals surface area contributed by atoms with Crippen LogP contribution in [-0.4, -0.2) is 42.4 Å². The predicted molar refractivity (Wildman–Crippen MR) is 35.0 cm³/mol. The fourth-order valence-electron chi connectivity index (χ4n) is 0.984. The molecule has 1 aliphatic rings. The Morgan fingerprint density at radius 1 is 1.80 bits per heavy atom. The smallest absolute Gasteiger partial charge is 0.407 e. The van der Waals surface area contributed by atoms with E-state index < -0.39 is 6.09 Å². The molecule has 1 rings (SSSR count). The van der Waals surface area contributed by atoms with Crippen molar-refractivity contribution in [3.8, 4) is 0 Å². The lowest BCUT2D eigenvalue weighted by Gasteiger charge is -2.18. The molecule has 4 heteroatoms. The summed E-state index contributed by atoms with van der Waals surface area (Å²) < 4.78 is 5.02. The topological polar surface area (TPSA) is 49.8 Å². The Hall–Kier alpha value is -0.770. The number of carbonyl (C=O) groups is 1. The van der Waals surface area contributed by atoms with Crippen molar-refractivity contribution >= 4 is 6.09 Å². The maximum Gasteiger partial charge on any atom is 0.407 e. The Morgan fingerprint density at radius 2 is 2.50 bits per heavy atom. The fourth-order valence-corrected chi connectivity index (χ4v) is 0.984. The maximum atomic E-state index is 10.4. The van der Waals surface area contributed by atoms with Crippen molar-refractivity contribution in [2.75, 3.05) is 20.3 Å². The van der Waals surface area contributed by atoms with Crippen molar-refractivity contribution < 1.29 is 14.6 Å². The van der Waals surface area contributed by atoms with Crippen LogP contribution in [-0.2, 0) is 4.74 Å². The van der Waals surface area contributed by atoms with Crippen LogP contribution in [0, 0.1) is 0 Å². The highest BCUT2D eigenvalue weighted by Gasteiger charge is 2.23. The molecular weight excluding hydrogens is 134 g/mol. The van der Waals surface area contributed by atoms with Crippen LogP contribution in [0.25, 0.3) is 0 Å². The van der Waals surface area contributed by atoms with Gasteiger partial charge in [0.25, 0.3) is 0 Å². The van der Waals surface area contributed by atoms with Crippen LogP contribution in [0.2, 0.25) is 0 Å². The summed E-state index contributed by atoms with van der Waals surface area (Å²) in [6.07, 6.45) is -0.0569. The fraction of sp³-hybridized carbons (Fsp3) is 0.833. The molecule has 0 aromatic heterocycles. The van der Waals surface area contributed by atoms with Gasteiger partial charge >= 0.3 is 6.09 Å². The number of hydrogen-bond donors (Lipinski definition) is 1. The Balaban J connectivity index is 2.39. The molecule has 10 heavy (non-hydrogen) atoms. The Bertz CT molecular complexity index is 131. The highest BCUT2D eigenvalue weighted by atomic mass is 16.5. The van der Waals surface area contributed by atoms with Crippen molar-refractivity contribution in [2.24, 2.45) is 0 Å². The van der Waals surface area contributed by atoms with Crippen LogP contribution in [0.1, 0.15) is 6.42 Å². The van der Waals surface area contributed by atoms with Crippen LogP contribution >= 0.6 is 0 Å². The van der Waals surface area contributed by atoms with Gasteiger partial charge in [0.2, 0.25) is 0 Å². The van der Waals surface area contributed by atoms with Gasteiger partial charge in [-0.25, -0.2) is 4.79 Å². The summed E-state index contributed by atoms with van der Waals surface area (Å²) in [5.74, 6) is 0. The van der Waals surface area contributed by atoms with Crippen molar-refractivity contribution in [3.05, 3.63) is 0 Å². The lowest BCUT2D eigenvalue weighted by Crippen LogP contribution is -2.36. The first kappa shape index (κ1) is 7.34. The number of amides is 1. The van der Waals surface area contributed by atoms with Crippen LogP contribution in [0.4, 0.5) is 4.79 Å². The summed E-state index contributed by atoms with van der Waals surface area (Å²) in [5, 5.41) is 8.51. The molecule has 4 nitrogen and oxygen atoms in total. The van der Waals surface area contributed by atoms with Gasteiger partial charge in [0.15, 0.2) is 0 Å². The van der Waals surface area contributed by atoms with Gasteiger partial charge < -0.3 is 14.7 Å². The summed E-state index contributed by atoms with van der Waals surface area (Å²) in [7, 11) is 1.57. The van der Waals surface area contributed by atoms with Crippen molar-refractivity contribution in [1.29, 1.82) is 0 Å². The van der Waals surface area contributed by atoms with E-state index in [1.807, 2.05) is 0 Å². The number of rotatable bonds is 1. The molecule has 1 aliphatic heterocycles. The first-order chi connectivity index (χ1) is 4.72. The number of ether oxygens (including phenoxy) is 1. The van der Waals surface area contributed by atoms with Gasteiger partial charge in [-0.3, -0.25) is 0 Å². The second-order valence-corrected chi connectivity index (χ2v) is 2.41. The zero-order valence-electron chi connectivity index (χ0n) is 5.91. The first-order valence-electron chi connectivity index (χ1n) is 3.25. The second-order valence-electron chi connectivity index (χ2n) is 2.41. The third-order valence-corrected chi connectivity index (χ3v) is 1.76. The van der Waals surface area contributed by atoms with Gasteiger partial charge in [0.1, 0.15) is 0 Å². The summed E-state index contributed by atoms with van der Waals surface area (Å²) >= 11 is 0. The van der Waals surface area contributed by atoms with Crippen LogP contribution in [0.15, 0.2) is 0 Å². The van der Waals surface area contributed by atoms with Crippen LogP contribution in [0.5, 0.6) is 0 Å². The molecule has 1 saturated heterocycles. The third kappa shape index (κ3) is 1.39. The number of hydrogen-bond acceptors (Lipinski definition) is 2. The van der Waals surface area contributed by atoms with Crippen LogP contribution in [0.3, 0.4) is 0 Å². The minimum atomic E-state index is -0.879. The SMILES string of the molecule is CN(C(=O)O)[C@H]1CCOC1. The normalized spacial score (nSPS) is 24.7. The largest absolute Gasteiger partial charge is 0.465 e. The van der Waals surface area contributed by atoms with Gasteiger partial charge in [-0.15, -0.1) is 0 Å². The van der Waals surface area contributed by atoms with E-state index in [2.05, 4.69) is 0 Å². The quantitative estimate of drug-likeness (QED) is 0.580. The van der Waals surface area contributed by atoms with E-state index in [-0.39, 0.29) is 6.04 Å². The average molecular weight is 145 g/mol. The molecule has 1 fully saturated rings. The van der Waals surface area contributed by atoms with E-state index in [9.17, 15) is 4.79 Å². The first-order valence-corrected chi connectivity index (χ1v) is 3.25. The Labute approximate surface area is 59.4 Å². The molecule has 0 spiro atoms. The molecule has 1 N–H and O–H groups in total. The van der Waals surface area contributed by atoms with E-state index in [0.29, 0.717) is 13.2 Å². The van der Waals surface area contributed by atoms with Gasteiger partial charge in [0.05, 0.1) is 12.6 Å². The third-order valence-electron chi connectivity index (χ3n) is 1.76. The van der Waals surface area contributed by atoms with E-state index in [4.69, 9.17) is 9.84 Å². The van der Waals surface area contributed by atoms with E-state index in [0.717, 1.165) is 6.42 Å². The summed E-state index contributed by atoms with van der Waals surface area (Å²) in [4.78, 5) is 11.7. The van der Waals surface area contributed by atoms with Gasteiger partial charge in [-0.2, -0.15) is 0 Å². The zero-order chi connectivity index (χ0) is 7.56. The highest BCUT2D eigenvalue weighted by molar-refractivity contribution is 5.65. The summed E-state index contributed by atoms with van der Waals surface area (Å²) in [6, 6.07) is 0.0671. The van der Waals surface area contributed by atoms with E-state index >= 15 is 0 Å². The molecule has 0 aromatic carbocycles. The van der Waals surface area contributed by atoms with Gasteiger partial charge in [-0.05, 0) is 6.42 Å². The molecule has 1 atom stereocenters. The minimum Gasteiger partial charge on any atom is -0.465 e. The van der Waals surface area contributed by atoms with Gasteiger partial charge in [-0.1, -0.05) is 0 Å². The van der Waals surface area contributed by atoms with Crippen LogP contribution < -0.4 is 0 Å². The highest BCUT2D eigenvalue weighted by Crippen LogP contribution is 2.09. The monoisotopic (exact) mass is 145 g/mol. The standard InChI is InChI=1S/C6H11NO3/c1-7(6(8)9)5-2-3-10-4-5/h5H,2-4H2,1H3,(H,8,9)/t5-/m0/s1. The van der Waals surface area contributed by atoms with Crippen molar-refractivity contribution in [1.82, 2.24) is 4.90 Å². The summed E-state index contributed by atoms with van der Waals surface area (Å²) in [6.45, 7) is 1.23. The average Bonchev–Trinajstić information content (AvgIpc) is 2.36. The zero-order valence-corrected chi connectivity index (χ0v) is 5.91. The maximum absolute atomic E-state index is 10.4. The molecule has 58 valence electrons. The Morgan fingerprint density at radius 3 is 2.90 bits per heavy atom. The van der Waals surface area contributed by atoms with Gasteiger partial charge in [0, 0.05) is 13.7 Å². The molecule has 0 aromatic rings. The second kappa shape index (κ2) is 2.88. The van der Waals surface area contributed by atoms with Crippen molar-refractivity contribution in [2.45, 2.75) is 12.5 Å². The van der Waals surface area contributed by atoms with E-state index in [1.54, 1.807) is 7.05 Å². The molecule has 0 saturated carbocycles. The van der Waals surface area contributed by atoms with Crippen molar-refractivity contribution in [3.63, 3.8) is 0 Å². The number of nitrogens with zero attached hydrogens (tertiary/aromatic N) is 1. The molecule has 0 radical (unpaired) electrons. The lowest BCUT2D eigenvalue weighted by molar-refractivity contribution is 0.125. The molecule has 1 amide bonds. The molecular formula is C6H11NO3. The Kier molecular flexibility index (Phi) is 2.11. The molecule has 0 aliphatic carbocycles. The summed E-state index contributed by atoms with van der Waals surface area (Å²) in [5.41, 5.74) is 0. The van der Waals surface area contributed by atoms with E-state index in [1.165, 1.54) is 4.90 Å². The molecule has 1 heterocycles. The predicted octanol–water partition coefficient (Wildman–Crippen LogP) is 0.385. The molecule has 0 bridgehead atoms. The molecule has 0 unspecified atom stereocenters.